The van der Waals surface area contributed by atoms with Crippen molar-refractivity contribution in [3.05, 3.63) is 53.6 Å². The second kappa shape index (κ2) is 5.16. The van der Waals surface area contributed by atoms with Crippen LogP contribution in [0.1, 0.15) is 12.0 Å². The number of anilines is 1. The average molecular weight is 268 g/mol. The van der Waals surface area contributed by atoms with Gasteiger partial charge in [0.2, 0.25) is 0 Å². The van der Waals surface area contributed by atoms with E-state index in [9.17, 15) is 0 Å². The third-order valence-corrected chi connectivity index (χ3v) is 3.29. The zero-order chi connectivity index (χ0) is 12.3. The van der Waals surface area contributed by atoms with E-state index in [1.54, 1.807) is 0 Å². The zero-order valence-electron chi connectivity index (χ0n) is 9.71. The number of hydrogen-bond acceptors (Lipinski definition) is 1. The average Bonchev–Trinajstić information content (AvgIpc) is 2.30. The normalized spacial score (nSPS) is 17.7. The van der Waals surface area contributed by atoms with Gasteiger partial charge in [0.05, 0.1) is 0 Å². The molecule has 0 spiro atoms. The summed E-state index contributed by atoms with van der Waals surface area (Å²) in [7, 11) is 0. The summed E-state index contributed by atoms with van der Waals surface area (Å²) in [6.07, 6.45) is 6.55. The maximum Gasteiger partial charge on any atom is 0.140 e. The number of halogens is 2. The van der Waals surface area contributed by atoms with Crippen molar-refractivity contribution in [1.82, 2.24) is 0 Å². The van der Waals surface area contributed by atoms with Gasteiger partial charge in [0.15, 0.2) is 0 Å². The second-order valence-electron chi connectivity index (χ2n) is 4.30. The Morgan fingerprint density at radius 1 is 1.24 bits per heavy atom. The molecule has 0 aliphatic heterocycles. The van der Waals surface area contributed by atoms with Gasteiger partial charge >= 0.3 is 0 Å². The maximum absolute atomic E-state index is 5.99. The molecule has 90 valence electrons. The standard InChI is InChI=1S/C14H15Cl2N/c1-11-2-4-13(5-3-11)17-10-12-6-8-14(15,16)9-7-12/h2-8,17H,9-10H2,1H3. The lowest BCUT2D eigenvalue weighted by Crippen LogP contribution is -2.13. The number of alkyl halides is 2. The molecule has 0 amide bonds. The van der Waals surface area contributed by atoms with E-state index in [-0.39, 0.29) is 0 Å². The number of benzene rings is 1. The Labute approximate surface area is 112 Å². The molecule has 2 rings (SSSR count). The highest BCUT2D eigenvalue weighted by Crippen LogP contribution is 2.31. The highest BCUT2D eigenvalue weighted by Gasteiger charge is 2.21. The molecule has 0 bridgehead atoms. The Morgan fingerprint density at radius 3 is 2.53 bits per heavy atom. The highest BCUT2D eigenvalue weighted by atomic mass is 35.5. The molecule has 0 heterocycles. The first kappa shape index (κ1) is 12.5. The van der Waals surface area contributed by atoms with Crippen LogP contribution in [0.25, 0.3) is 0 Å². The summed E-state index contributed by atoms with van der Waals surface area (Å²) in [4.78, 5) is 0. The Balaban J connectivity index is 1.90. The summed E-state index contributed by atoms with van der Waals surface area (Å²) in [5.41, 5.74) is 3.60. The van der Waals surface area contributed by atoms with E-state index in [1.807, 2.05) is 12.2 Å². The number of rotatable bonds is 3. The van der Waals surface area contributed by atoms with E-state index in [0.29, 0.717) is 6.42 Å². The number of aryl methyl sites for hydroxylation is 1. The minimum Gasteiger partial charge on any atom is -0.381 e. The maximum atomic E-state index is 5.99. The van der Waals surface area contributed by atoms with Crippen LogP contribution in [0, 0.1) is 6.92 Å². The highest BCUT2D eigenvalue weighted by molar-refractivity contribution is 6.50. The minimum absolute atomic E-state index is 0.664. The predicted molar refractivity (Wildman–Crippen MR) is 75.9 cm³/mol. The largest absolute Gasteiger partial charge is 0.381 e. The van der Waals surface area contributed by atoms with Gasteiger partial charge in [0.1, 0.15) is 4.33 Å². The summed E-state index contributed by atoms with van der Waals surface area (Å²) in [6.45, 7) is 2.88. The van der Waals surface area contributed by atoms with Crippen LogP contribution >= 0.6 is 23.2 Å². The fraction of sp³-hybridized carbons (Fsp3) is 0.286. The number of nitrogens with one attached hydrogen (secondary N) is 1. The molecule has 0 unspecified atom stereocenters. The summed E-state index contributed by atoms with van der Waals surface area (Å²) in [5.74, 6) is 0. The van der Waals surface area contributed by atoms with Gasteiger partial charge in [-0.3, -0.25) is 0 Å². The van der Waals surface area contributed by atoms with Crippen LogP contribution in [0.5, 0.6) is 0 Å². The van der Waals surface area contributed by atoms with Crippen molar-refractivity contribution in [2.75, 3.05) is 11.9 Å². The van der Waals surface area contributed by atoms with Crippen LogP contribution in [-0.4, -0.2) is 10.9 Å². The minimum atomic E-state index is -0.729. The van der Waals surface area contributed by atoms with E-state index in [0.717, 1.165) is 12.2 Å². The Morgan fingerprint density at radius 2 is 1.94 bits per heavy atom. The SMILES string of the molecule is Cc1ccc(NCC2=CCC(Cl)(Cl)C=C2)cc1. The third kappa shape index (κ3) is 3.79. The third-order valence-electron chi connectivity index (χ3n) is 2.73. The Hall–Kier alpha value is -0.920. The van der Waals surface area contributed by atoms with E-state index in [4.69, 9.17) is 23.2 Å². The lowest BCUT2D eigenvalue weighted by molar-refractivity contribution is 0.940. The summed E-state index contributed by atoms with van der Waals surface area (Å²) >= 11 is 12.0. The van der Waals surface area contributed by atoms with Gasteiger partial charge in [-0.05, 0) is 30.7 Å². The van der Waals surface area contributed by atoms with E-state index < -0.39 is 4.33 Å². The van der Waals surface area contributed by atoms with Gasteiger partial charge < -0.3 is 5.32 Å². The molecule has 0 saturated heterocycles. The molecule has 0 fully saturated rings. The predicted octanol–water partition coefficient (Wildman–Crippen LogP) is 4.47. The van der Waals surface area contributed by atoms with Crippen LogP contribution in [0.15, 0.2) is 48.1 Å². The topological polar surface area (TPSA) is 12.0 Å². The molecule has 1 aromatic carbocycles. The smallest absolute Gasteiger partial charge is 0.140 e. The molecule has 1 aromatic rings. The number of hydrogen-bond donors (Lipinski definition) is 1. The van der Waals surface area contributed by atoms with Gasteiger partial charge in [-0.15, -0.1) is 0 Å². The molecule has 1 nitrogen and oxygen atoms in total. The molecule has 0 radical (unpaired) electrons. The van der Waals surface area contributed by atoms with E-state index >= 15 is 0 Å². The first-order chi connectivity index (χ1) is 8.05. The molecule has 1 aliphatic carbocycles. The fourth-order valence-corrected chi connectivity index (χ4v) is 1.92. The lowest BCUT2D eigenvalue weighted by Gasteiger charge is -2.18. The second-order valence-corrected chi connectivity index (χ2v) is 5.84. The zero-order valence-corrected chi connectivity index (χ0v) is 11.2. The van der Waals surface area contributed by atoms with E-state index in [2.05, 4.69) is 42.6 Å². The first-order valence-electron chi connectivity index (χ1n) is 5.62. The molecule has 1 aliphatic rings. The molecule has 0 aromatic heterocycles. The molecule has 0 saturated carbocycles. The monoisotopic (exact) mass is 267 g/mol. The van der Waals surface area contributed by atoms with Crippen molar-refractivity contribution in [1.29, 1.82) is 0 Å². The Kier molecular flexibility index (Phi) is 3.80. The van der Waals surface area contributed by atoms with Gasteiger partial charge in [-0.1, -0.05) is 53.1 Å². The van der Waals surface area contributed by atoms with Crippen molar-refractivity contribution < 1.29 is 0 Å². The van der Waals surface area contributed by atoms with Crippen molar-refractivity contribution in [2.24, 2.45) is 0 Å². The van der Waals surface area contributed by atoms with Crippen molar-refractivity contribution in [3.63, 3.8) is 0 Å². The quantitative estimate of drug-likeness (QED) is 0.798. The lowest BCUT2D eigenvalue weighted by atomic mass is 10.1. The van der Waals surface area contributed by atoms with Gasteiger partial charge in [-0.25, -0.2) is 0 Å². The molecule has 17 heavy (non-hydrogen) atoms. The van der Waals surface area contributed by atoms with Gasteiger partial charge in [0.25, 0.3) is 0 Å². The van der Waals surface area contributed by atoms with Crippen LogP contribution in [0.3, 0.4) is 0 Å². The number of allylic oxidation sites excluding steroid dienone is 2. The molecule has 3 heteroatoms. The molecule has 1 N–H and O–H groups in total. The van der Waals surface area contributed by atoms with Crippen molar-refractivity contribution in [2.45, 2.75) is 17.7 Å². The van der Waals surface area contributed by atoms with Crippen molar-refractivity contribution in [3.8, 4) is 0 Å². The molecular weight excluding hydrogens is 253 g/mol. The van der Waals surface area contributed by atoms with Crippen molar-refractivity contribution >= 4 is 28.9 Å². The van der Waals surface area contributed by atoms with Crippen LogP contribution in [0.4, 0.5) is 5.69 Å². The Bertz CT molecular complexity index is 444. The summed E-state index contributed by atoms with van der Waals surface area (Å²) < 4.78 is -0.729. The van der Waals surface area contributed by atoms with Crippen LogP contribution in [-0.2, 0) is 0 Å². The summed E-state index contributed by atoms with van der Waals surface area (Å²) in [5, 5.41) is 3.36. The fourth-order valence-electron chi connectivity index (χ4n) is 1.64. The van der Waals surface area contributed by atoms with Gasteiger partial charge in [-0.2, -0.15) is 0 Å². The van der Waals surface area contributed by atoms with Gasteiger partial charge in [0, 0.05) is 18.7 Å². The van der Waals surface area contributed by atoms with Crippen LogP contribution < -0.4 is 5.32 Å². The summed E-state index contributed by atoms with van der Waals surface area (Å²) in [6, 6.07) is 8.34. The molecule has 0 atom stereocenters. The first-order valence-corrected chi connectivity index (χ1v) is 6.37. The molecular formula is C14H15Cl2N. The van der Waals surface area contributed by atoms with E-state index in [1.165, 1.54) is 11.1 Å². The van der Waals surface area contributed by atoms with Crippen LogP contribution in [0.2, 0.25) is 0 Å².